The maximum atomic E-state index is 13.5. The van der Waals surface area contributed by atoms with Crippen molar-refractivity contribution in [1.82, 2.24) is 5.32 Å². The van der Waals surface area contributed by atoms with E-state index >= 15 is 0 Å². The third-order valence-corrected chi connectivity index (χ3v) is 6.48. The van der Waals surface area contributed by atoms with E-state index in [4.69, 9.17) is 0 Å². The molecule has 3 unspecified atom stereocenters. The standard InChI is InChI=1S/C15H20FNO3S/c16-11-4-5-15-12(8-11)14(6-7-21(15,19)20)17-13-3-1-2-10(13)9-18/h4-5,8,10,13-14,17-18H,1-3,6-7,9H2. The van der Waals surface area contributed by atoms with Gasteiger partial charge in [-0.2, -0.15) is 0 Å². The second-order valence-electron chi connectivity index (χ2n) is 5.99. The van der Waals surface area contributed by atoms with Crippen molar-refractivity contribution in [1.29, 1.82) is 0 Å². The lowest BCUT2D eigenvalue weighted by Crippen LogP contribution is -2.39. The Balaban J connectivity index is 1.89. The minimum Gasteiger partial charge on any atom is -0.396 e. The zero-order chi connectivity index (χ0) is 15.0. The summed E-state index contributed by atoms with van der Waals surface area (Å²) >= 11 is 0. The highest BCUT2D eigenvalue weighted by Gasteiger charge is 2.34. The van der Waals surface area contributed by atoms with Crippen molar-refractivity contribution in [3.05, 3.63) is 29.6 Å². The van der Waals surface area contributed by atoms with Gasteiger partial charge in [-0.15, -0.1) is 0 Å². The molecule has 0 amide bonds. The Hall–Kier alpha value is -0.980. The third kappa shape index (κ3) is 2.84. The van der Waals surface area contributed by atoms with Gasteiger partial charge >= 0.3 is 0 Å². The minimum absolute atomic E-state index is 0.0831. The summed E-state index contributed by atoms with van der Waals surface area (Å²) in [7, 11) is -3.30. The lowest BCUT2D eigenvalue weighted by atomic mass is 9.99. The highest BCUT2D eigenvalue weighted by molar-refractivity contribution is 7.91. The molecule has 21 heavy (non-hydrogen) atoms. The Labute approximate surface area is 124 Å². The van der Waals surface area contributed by atoms with Crippen LogP contribution in [-0.4, -0.2) is 31.9 Å². The monoisotopic (exact) mass is 313 g/mol. The zero-order valence-electron chi connectivity index (χ0n) is 11.8. The fraction of sp³-hybridized carbons (Fsp3) is 0.600. The van der Waals surface area contributed by atoms with E-state index in [9.17, 15) is 17.9 Å². The fourth-order valence-corrected chi connectivity index (χ4v) is 5.12. The van der Waals surface area contributed by atoms with Crippen molar-refractivity contribution in [2.75, 3.05) is 12.4 Å². The molecule has 1 fully saturated rings. The number of aliphatic hydroxyl groups excluding tert-OH is 1. The molecule has 4 nitrogen and oxygen atoms in total. The summed E-state index contributed by atoms with van der Waals surface area (Å²) in [6.07, 6.45) is 3.46. The number of sulfone groups is 1. The molecular weight excluding hydrogens is 293 g/mol. The van der Waals surface area contributed by atoms with Crippen LogP contribution in [0.15, 0.2) is 23.1 Å². The van der Waals surface area contributed by atoms with Gasteiger partial charge in [0.25, 0.3) is 0 Å². The Morgan fingerprint density at radius 2 is 2.10 bits per heavy atom. The SMILES string of the molecule is O=S1(=O)CCC(NC2CCCC2CO)c2cc(F)ccc21. The van der Waals surface area contributed by atoms with E-state index in [1.165, 1.54) is 18.2 Å². The van der Waals surface area contributed by atoms with Gasteiger partial charge in [-0.1, -0.05) is 6.42 Å². The number of aliphatic hydroxyl groups is 1. The maximum absolute atomic E-state index is 13.5. The number of halogens is 1. The van der Waals surface area contributed by atoms with E-state index in [0.717, 1.165) is 19.3 Å². The number of rotatable bonds is 3. The zero-order valence-corrected chi connectivity index (χ0v) is 12.6. The molecule has 3 atom stereocenters. The van der Waals surface area contributed by atoms with Gasteiger partial charge in [-0.05, 0) is 48.9 Å². The van der Waals surface area contributed by atoms with Crippen LogP contribution < -0.4 is 5.32 Å². The molecule has 2 aliphatic rings. The largest absolute Gasteiger partial charge is 0.396 e. The van der Waals surface area contributed by atoms with Crippen molar-refractivity contribution in [2.45, 2.75) is 42.7 Å². The summed E-state index contributed by atoms with van der Waals surface area (Å²) in [6.45, 7) is 0.138. The van der Waals surface area contributed by atoms with Crippen molar-refractivity contribution in [3.8, 4) is 0 Å². The van der Waals surface area contributed by atoms with Crippen LogP contribution >= 0.6 is 0 Å². The van der Waals surface area contributed by atoms with Crippen molar-refractivity contribution < 1.29 is 17.9 Å². The van der Waals surface area contributed by atoms with E-state index in [-0.39, 0.29) is 35.3 Å². The van der Waals surface area contributed by atoms with Gasteiger partial charge in [0.15, 0.2) is 9.84 Å². The highest BCUT2D eigenvalue weighted by atomic mass is 32.2. The van der Waals surface area contributed by atoms with Gasteiger partial charge in [-0.3, -0.25) is 0 Å². The summed E-state index contributed by atoms with van der Waals surface area (Å²) in [5.41, 5.74) is 0.532. The molecule has 2 N–H and O–H groups in total. The Morgan fingerprint density at radius 1 is 1.29 bits per heavy atom. The topological polar surface area (TPSA) is 66.4 Å². The second-order valence-corrected chi connectivity index (χ2v) is 8.07. The predicted octanol–water partition coefficient (Wildman–Crippen LogP) is 1.79. The summed E-state index contributed by atoms with van der Waals surface area (Å²) in [5, 5.41) is 12.8. The first-order valence-electron chi connectivity index (χ1n) is 7.40. The maximum Gasteiger partial charge on any atom is 0.178 e. The van der Waals surface area contributed by atoms with Crippen LogP contribution in [-0.2, 0) is 9.84 Å². The quantitative estimate of drug-likeness (QED) is 0.835. The van der Waals surface area contributed by atoms with E-state index < -0.39 is 15.7 Å². The van der Waals surface area contributed by atoms with Crippen molar-refractivity contribution >= 4 is 9.84 Å². The van der Waals surface area contributed by atoms with E-state index in [0.29, 0.717) is 12.0 Å². The van der Waals surface area contributed by atoms with E-state index in [2.05, 4.69) is 5.32 Å². The average molecular weight is 313 g/mol. The minimum atomic E-state index is -3.30. The molecule has 1 aliphatic heterocycles. The lowest BCUT2D eigenvalue weighted by molar-refractivity contribution is 0.198. The molecule has 6 heteroatoms. The molecule has 0 spiro atoms. The van der Waals surface area contributed by atoms with E-state index in [1.54, 1.807) is 0 Å². The molecule has 1 heterocycles. The molecule has 116 valence electrons. The first-order chi connectivity index (χ1) is 10.0. The van der Waals surface area contributed by atoms with Crippen LogP contribution in [0.4, 0.5) is 4.39 Å². The second kappa shape index (κ2) is 5.66. The molecule has 1 aromatic rings. The Kier molecular flexibility index (Phi) is 4.03. The molecule has 1 saturated carbocycles. The summed E-state index contributed by atoms with van der Waals surface area (Å²) in [5.74, 6) is -0.122. The van der Waals surface area contributed by atoms with Crippen LogP contribution in [0.3, 0.4) is 0 Å². The Bertz CT molecular complexity index is 632. The lowest BCUT2D eigenvalue weighted by Gasteiger charge is -2.31. The van der Waals surface area contributed by atoms with Crippen LogP contribution in [0.1, 0.15) is 37.3 Å². The van der Waals surface area contributed by atoms with Gasteiger partial charge in [0, 0.05) is 18.7 Å². The molecule has 1 aromatic carbocycles. The first-order valence-corrected chi connectivity index (χ1v) is 9.05. The third-order valence-electron chi connectivity index (χ3n) is 4.67. The van der Waals surface area contributed by atoms with Gasteiger partial charge in [0.05, 0.1) is 10.6 Å². The summed E-state index contributed by atoms with van der Waals surface area (Å²) in [4.78, 5) is 0.242. The van der Waals surface area contributed by atoms with Crippen LogP contribution in [0.2, 0.25) is 0 Å². The predicted molar refractivity (Wildman–Crippen MR) is 77.2 cm³/mol. The molecule has 3 rings (SSSR count). The van der Waals surface area contributed by atoms with E-state index in [1.807, 2.05) is 0 Å². The highest BCUT2D eigenvalue weighted by Crippen LogP contribution is 2.35. The molecule has 0 saturated heterocycles. The van der Waals surface area contributed by atoms with Gasteiger partial charge < -0.3 is 10.4 Å². The Morgan fingerprint density at radius 3 is 2.86 bits per heavy atom. The number of fused-ring (bicyclic) bond motifs is 1. The molecule has 0 bridgehead atoms. The number of nitrogens with one attached hydrogen (secondary N) is 1. The van der Waals surface area contributed by atoms with Crippen LogP contribution in [0, 0.1) is 11.7 Å². The van der Waals surface area contributed by atoms with Gasteiger partial charge in [0.2, 0.25) is 0 Å². The first kappa shape index (κ1) is 14.9. The number of hydrogen-bond donors (Lipinski definition) is 2. The smallest absolute Gasteiger partial charge is 0.178 e. The van der Waals surface area contributed by atoms with Crippen LogP contribution in [0.25, 0.3) is 0 Å². The summed E-state index contributed by atoms with van der Waals surface area (Å²) < 4.78 is 37.7. The molecule has 0 aromatic heterocycles. The normalized spacial score (nSPS) is 31.0. The summed E-state index contributed by atoms with van der Waals surface area (Å²) in [6, 6.07) is 3.91. The number of hydrogen-bond acceptors (Lipinski definition) is 4. The fourth-order valence-electron chi connectivity index (χ4n) is 3.52. The van der Waals surface area contributed by atoms with Crippen molar-refractivity contribution in [3.63, 3.8) is 0 Å². The number of benzene rings is 1. The van der Waals surface area contributed by atoms with Gasteiger partial charge in [-0.25, -0.2) is 12.8 Å². The molecule has 1 aliphatic carbocycles. The van der Waals surface area contributed by atoms with Crippen molar-refractivity contribution in [2.24, 2.45) is 5.92 Å². The van der Waals surface area contributed by atoms with Gasteiger partial charge in [0.1, 0.15) is 5.82 Å². The molecule has 0 radical (unpaired) electrons. The molecular formula is C15H20FNO3S. The van der Waals surface area contributed by atoms with Crippen LogP contribution in [0.5, 0.6) is 0 Å². The average Bonchev–Trinajstić information content (AvgIpc) is 2.89.